The van der Waals surface area contributed by atoms with Crippen molar-refractivity contribution in [3.8, 4) is 0 Å². The summed E-state index contributed by atoms with van der Waals surface area (Å²) in [7, 11) is -3.54. The van der Waals surface area contributed by atoms with Crippen LogP contribution in [0.15, 0.2) is 29.2 Å². The molecular weight excluding hydrogens is 246 g/mol. The van der Waals surface area contributed by atoms with Crippen LogP contribution in [-0.2, 0) is 10.0 Å². The fraction of sp³-hybridized carbons (Fsp3) is 0.455. The van der Waals surface area contributed by atoms with Gasteiger partial charge in [-0.2, -0.15) is 0 Å². The Labute approximate surface area is 102 Å². The molecule has 0 atom stereocenters. The summed E-state index contributed by atoms with van der Waals surface area (Å²) in [4.78, 5) is 0.123. The minimum Gasteiger partial charge on any atom is -0.207 e. The lowest BCUT2D eigenvalue weighted by atomic mass is 10.0. The van der Waals surface area contributed by atoms with Crippen molar-refractivity contribution in [2.45, 2.75) is 37.6 Å². The van der Waals surface area contributed by atoms with Gasteiger partial charge in [0.1, 0.15) is 4.90 Å². The predicted octanol–water partition coefficient (Wildman–Crippen LogP) is 2.81. The summed E-state index contributed by atoms with van der Waals surface area (Å²) in [5, 5.41) is 0.238. The van der Waals surface area contributed by atoms with E-state index in [4.69, 9.17) is 11.6 Å². The second-order valence-electron chi connectivity index (χ2n) is 4.27. The molecule has 0 bridgehead atoms. The van der Waals surface area contributed by atoms with Crippen LogP contribution >= 0.6 is 11.6 Å². The molecule has 0 aliphatic carbocycles. The highest BCUT2D eigenvalue weighted by atomic mass is 35.5. The molecule has 0 heterocycles. The highest BCUT2D eigenvalue weighted by molar-refractivity contribution is 7.89. The summed E-state index contributed by atoms with van der Waals surface area (Å²) in [5.74, 6) is 0. The van der Waals surface area contributed by atoms with Crippen LogP contribution in [0.2, 0.25) is 5.02 Å². The van der Waals surface area contributed by atoms with Crippen LogP contribution in [-0.4, -0.2) is 14.0 Å². The first kappa shape index (κ1) is 13.5. The molecule has 0 fully saturated rings. The van der Waals surface area contributed by atoms with Gasteiger partial charge in [-0.1, -0.05) is 30.7 Å². The minimum atomic E-state index is -3.54. The molecule has 90 valence electrons. The monoisotopic (exact) mass is 261 g/mol. The number of hydrogen-bond acceptors (Lipinski definition) is 2. The molecule has 0 spiro atoms. The highest BCUT2D eigenvalue weighted by Gasteiger charge is 2.25. The van der Waals surface area contributed by atoms with Crippen LogP contribution in [0.25, 0.3) is 0 Å². The molecule has 0 amide bonds. The second kappa shape index (κ2) is 4.73. The molecule has 0 radical (unpaired) electrons. The van der Waals surface area contributed by atoms with E-state index >= 15 is 0 Å². The van der Waals surface area contributed by atoms with Gasteiger partial charge >= 0.3 is 0 Å². The third kappa shape index (κ3) is 3.20. The third-order valence-electron chi connectivity index (χ3n) is 2.42. The molecule has 0 aliphatic rings. The minimum absolute atomic E-state index is 0.123. The van der Waals surface area contributed by atoms with Crippen molar-refractivity contribution in [3.05, 3.63) is 29.3 Å². The molecule has 1 rings (SSSR count). The molecule has 3 nitrogen and oxygen atoms in total. The zero-order valence-corrected chi connectivity index (χ0v) is 11.2. The Morgan fingerprint density at radius 3 is 2.38 bits per heavy atom. The maximum Gasteiger partial charge on any atom is 0.242 e. The Kier molecular flexibility index (Phi) is 3.99. The van der Waals surface area contributed by atoms with E-state index in [2.05, 4.69) is 4.72 Å². The third-order valence-corrected chi connectivity index (χ3v) is 4.62. The average Bonchev–Trinajstić information content (AvgIpc) is 2.16. The van der Waals surface area contributed by atoms with Gasteiger partial charge in [0, 0.05) is 5.54 Å². The molecule has 5 heteroatoms. The number of benzene rings is 1. The van der Waals surface area contributed by atoms with Crippen LogP contribution in [0, 0.1) is 0 Å². The van der Waals surface area contributed by atoms with Crippen LogP contribution in [0.1, 0.15) is 27.2 Å². The van der Waals surface area contributed by atoms with Crippen molar-refractivity contribution >= 4 is 21.6 Å². The van der Waals surface area contributed by atoms with Crippen LogP contribution < -0.4 is 4.72 Å². The fourth-order valence-electron chi connectivity index (χ4n) is 1.15. The molecule has 0 saturated carbocycles. The van der Waals surface area contributed by atoms with Gasteiger partial charge in [-0.3, -0.25) is 0 Å². The summed E-state index contributed by atoms with van der Waals surface area (Å²) >= 11 is 5.86. The smallest absolute Gasteiger partial charge is 0.207 e. The van der Waals surface area contributed by atoms with Crippen LogP contribution in [0.5, 0.6) is 0 Å². The van der Waals surface area contributed by atoms with Crippen molar-refractivity contribution in [2.24, 2.45) is 0 Å². The molecule has 0 unspecified atom stereocenters. The SMILES string of the molecule is CCC(C)(C)NS(=O)(=O)c1ccccc1Cl. The second-order valence-corrected chi connectivity index (χ2v) is 6.33. The quantitative estimate of drug-likeness (QED) is 0.906. The van der Waals surface area contributed by atoms with Crippen molar-refractivity contribution < 1.29 is 8.42 Å². The van der Waals surface area contributed by atoms with E-state index < -0.39 is 15.6 Å². The maximum absolute atomic E-state index is 12.0. The summed E-state index contributed by atoms with van der Waals surface area (Å²) in [6.45, 7) is 5.60. The summed E-state index contributed by atoms with van der Waals surface area (Å²) in [6, 6.07) is 6.41. The fourth-order valence-corrected chi connectivity index (χ4v) is 3.16. The van der Waals surface area contributed by atoms with Crippen LogP contribution in [0.3, 0.4) is 0 Å². The zero-order chi connectivity index (χ0) is 12.4. The molecule has 0 aromatic heterocycles. The summed E-state index contributed by atoms with van der Waals surface area (Å²) in [6.07, 6.45) is 0.705. The highest BCUT2D eigenvalue weighted by Crippen LogP contribution is 2.22. The van der Waals surface area contributed by atoms with Crippen LogP contribution in [0.4, 0.5) is 0 Å². The lowest BCUT2D eigenvalue weighted by molar-refractivity contribution is 0.439. The van der Waals surface area contributed by atoms with Gasteiger partial charge in [-0.05, 0) is 32.4 Å². The number of halogens is 1. The molecule has 1 aromatic carbocycles. The maximum atomic E-state index is 12.0. The lowest BCUT2D eigenvalue weighted by Crippen LogP contribution is -2.42. The Morgan fingerprint density at radius 2 is 1.88 bits per heavy atom. The number of sulfonamides is 1. The topological polar surface area (TPSA) is 46.2 Å². The molecule has 1 aromatic rings. The van der Waals surface area contributed by atoms with Gasteiger partial charge in [0.2, 0.25) is 10.0 Å². The molecule has 16 heavy (non-hydrogen) atoms. The number of nitrogens with one attached hydrogen (secondary N) is 1. The van der Waals surface area contributed by atoms with E-state index in [0.29, 0.717) is 6.42 Å². The molecule has 0 saturated heterocycles. The largest absolute Gasteiger partial charge is 0.242 e. The average molecular weight is 262 g/mol. The van der Waals surface area contributed by atoms with Gasteiger partial charge in [0.25, 0.3) is 0 Å². The summed E-state index contributed by atoms with van der Waals surface area (Å²) in [5.41, 5.74) is -0.474. The van der Waals surface area contributed by atoms with Gasteiger partial charge < -0.3 is 0 Å². The van der Waals surface area contributed by atoms with Gasteiger partial charge in [-0.15, -0.1) is 0 Å². The first-order valence-corrected chi connectivity index (χ1v) is 6.93. The Bertz CT molecular complexity index is 469. The Hall–Kier alpha value is -0.580. The van der Waals surface area contributed by atoms with Crippen molar-refractivity contribution in [1.82, 2.24) is 4.72 Å². The Morgan fingerprint density at radius 1 is 1.31 bits per heavy atom. The first-order valence-electron chi connectivity index (χ1n) is 5.07. The predicted molar refractivity (Wildman–Crippen MR) is 66.1 cm³/mol. The molecule has 0 aliphatic heterocycles. The van der Waals surface area contributed by atoms with E-state index in [9.17, 15) is 8.42 Å². The molecular formula is C11H16ClNO2S. The van der Waals surface area contributed by atoms with Gasteiger partial charge in [-0.25, -0.2) is 13.1 Å². The zero-order valence-electron chi connectivity index (χ0n) is 9.62. The van der Waals surface area contributed by atoms with E-state index in [1.165, 1.54) is 6.07 Å². The van der Waals surface area contributed by atoms with E-state index in [0.717, 1.165) is 0 Å². The normalized spacial score (nSPS) is 12.8. The van der Waals surface area contributed by atoms with Crippen molar-refractivity contribution in [3.63, 3.8) is 0 Å². The number of rotatable bonds is 4. The standard InChI is InChI=1S/C11H16ClNO2S/c1-4-11(2,3)13-16(14,15)10-8-6-5-7-9(10)12/h5-8,13H,4H2,1-3H3. The molecule has 1 N–H and O–H groups in total. The van der Waals surface area contributed by atoms with E-state index in [1.807, 2.05) is 20.8 Å². The first-order chi connectivity index (χ1) is 7.28. The van der Waals surface area contributed by atoms with Crippen molar-refractivity contribution in [2.75, 3.05) is 0 Å². The van der Waals surface area contributed by atoms with Gasteiger partial charge in [0.05, 0.1) is 5.02 Å². The van der Waals surface area contributed by atoms with E-state index in [1.54, 1.807) is 18.2 Å². The number of hydrogen-bond donors (Lipinski definition) is 1. The van der Waals surface area contributed by atoms with Crippen molar-refractivity contribution in [1.29, 1.82) is 0 Å². The Balaban J connectivity index is 3.09. The van der Waals surface area contributed by atoms with E-state index in [-0.39, 0.29) is 9.92 Å². The van der Waals surface area contributed by atoms with Gasteiger partial charge in [0.15, 0.2) is 0 Å². The lowest BCUT2D eigenvalue weighted by Gasteiger charge is -2.24. The summed E-state index contributed by atoms with van der Waals surface area (Å²) < 4.78 is 26.7.